The number of nitrogens with zero attached hydrogens (tertiary/aromatic N) is 2. The summed E-state index contributed by atoms with van der Waals surface area (Å²) in [5.74, 6) is -0.0234. The number of carbonyl (C=O) groups excluding carboxylic acids is 2. The molecular weight excluding hydrogens is 316 g/mol. The predicted octanol–water partition coefficient (Wildman–Crippen LogP) is 1.73. The first-order chi connectivity index (χ1) is 11.0. The molecule has 1 saturated heterocycles. The number of amides is 3. The van der Waals surface area contributed by atoms with Crippen molar-refractivity contribution in [2.75, 3.05) is 20.1 Å². The number of hydrogen-bond acceptors (Lipinski definition) is 2. The fraction of sp³-hybridized carbons (Fsp3) is 0.375. The van der Waals surface area contributed by atoms with Gasteiger partial charge in [0.25, 0.3) is 0 Å². The molecule has 0 spiro atoms. The highest BCUT2D eigenvalue weighted by atomic mass is 35.5. The summed E-state index contributed by atoms with van der Waals surface area (Å²) in [5, 5.41) is 4.49. The molecule has 120 valence electrons. The number of benzene rings is 1. The fourth-order valence-corrected chi connectivity index (χ4v) is 3.57. The third-order valence-corrected chi connectivity index (χ3v) is 4.88. The van der Waals surface area contributed by atoms with Crippen LogP contribution in [0.1, 0.15) is 11.3 Å². The second kappa shape index (κ2) is 5.16. The normalized spacial score (nSPS) is 20.8. The lowest BCUT2D eigenvalue weighted by Crippen LogP contribution is -2.47. The molecule has 2 aliphatic rings. The second-order valence-electron chi connectivity index (χ2n) is 6.16. The molecule has 0 saturated carbocycles. The molecule has 1 fully saturated rings. The van der Waals surface area contributed by atoms with Gasteiger partial charge in [0.05, 0.1) is 6.54 Å². The number of aromatic nitrogens is 1. The van der Waals surface area contributed by atoms with E-state index >= 15 is 0 Å². The van der Waals surface area contributed by atoms with Gasteiger partial charge in [-0.2, -0.15) is 0 Å². The molecule has 1 atom stereocenters. The summed E-state index contributed by atoms with van der Waals surface area (Å²) in [7, 11) is 1.69. The van der Waals surface area contributed by atoms with Crippen LogP contribution in [0, 0.1) is 0 Å². The standard InChI is InChI=1S/C16H17ClN4O2/c1-20-8-14(19-16(20)23)15(22)21-5-4-13-11(7-21)10-6-9(17)2-3-12(10)18-13/h2-3,6,14,18H,4-5,7-8H2,1H3,(H,19,23)/t14-/m0/s1. The SMILES string of the molecule is CN1C[C@@H](C(=O)N2CCc3[nH]c4ccc(Cl)cc4c3C2)NC1=O. The van der Waals surface area contributed by atoms with Gasteiger partial charge in [0, 0.05) is 53.7 Å². The fourth-order valence-electron chi connectivity index (χ4n) is 3.40. The maximum absolute atomic E-state index is 12.7. The van der Waals surface area contributed by atoms with E-state index in [-0.39, 0.29) is 11.9 Å². The molecule has 2 aromatic rings. The summed E-state index contributed by atoms with van der Waals surface area (Å²) >= 11 is 6.11. The first-order valence-electron chi connectivity index (χ1n) is 7.62. The van der Waals surface area contributed by atoms with Crippen molar-refractivity contribution in [1.82, 2.24) is 20.1 Å². The van der Waals surface area contributed by atoms with Gasteiger partial charge < -0.3 is 20.1 Å². The van der Waals surface area contributed by atoms with Crippen molar-refractivity contribution < 1.29 is 9.59 Å². The topological polar surface area (TPSA) is 68.4 Å². The molecule has 23 heavy (non-hydrogen) atoms. The van der Waals surface area contributed by atoms with E-state index in [1.54, 1.807) is 7.05 Å². The Kier molecular flexibility index (Phi) is 3.23. The van der Waals surface area contributed by atoms with Crippen LogP contribution >= 0.6 is 11.6 Å². The van der Waals surface area contributed by atoms with Crippen molar-refractivity contribution >= 4 is 34.4 Å². The van der Waals surface area contributed by atoms with Crippen molar-refractivity contribution in [2.24, 2.45) is 0 Å². The Balaban J connectivity index is 1.61. The van der Waals surface area contributed by atoms with Crippen molar-refractivity contribution in [3.05, 3.63) is 34.5 Å². The lowest BCUT2D eigenvalue weighted by Gasteiger charge is -2.29. The average Bonchev–Trinajstić information content (AvgIpc) is 3.06. The van der Waals surface area contributed by atoms with E-state index in [1.807, 2.05) is 23.1 Å². The van der Waals surface area contributed by atoms with Gasteiger partial charge in [-0.3, -0.25) is 4.79 Å². The van der Waals surface area contributed by atoms with Crippen LogP contribution < -0.4 is 5.32 Å². The Morgan fingerprint density at radius 3 is 2.96 bits per heavy atom. The van der Waals surface area contributed by atoms with Crippen LogP contribution in [0.25, 0.3) is 10.9 Å². The van der Waals surface area contributed by atoms with Gasteiger partial charge >= 0.3 is 6.03 Å². The van der Waals surface area contributed by atoms with E-state index in [9.17, 15) is 9.59 Å². The average molecular weight is 333 g/mol. The Hall–Kier alpha value is -2.21. The first kappa shape index (κ1) is 14.4. The Morgan fingerprint density at radius 1 is 1.39 bits per heavy atom. The molecule has 0 aliphatic carbocycles. The number of urea groups is 1. The highest BCUT2D eigenvalue weighted by molar-refractivity contribution is 6.31. The summed E-state index contributed by atoms with van der Waals surface area (Å²) in [6.07, 6.45) is 0.782. The maximum atomic E-state index is 12.7. The molecule has 0 bridgehead atoms. The number of rotatable bonds is 1. The summed E-state index contributed by atoms with van der Waals surface area (Å²) < 4.78 is 0. The number of halogens is 1. The van der Waals surface area contributed by atoms with Gasteiger partial charge in [-0.25, -0.2) is 4.79 Å². The molecule has 7 heteroatoms. The lowest BCUT2D eigenvalue weighted by molar-refractivity contribution is -0.133. The van der Waals surface area contributed by atoms with Crippen LogP contribution in [0.15, 0.2) is 18.2 Å². The van der Waals surface area contributed by atoms with E-state index in [0.717, 1.165) is 22.9 Å². The van der Waals surface area contributed by atoms with E-state index in [1.165, 1.54) is 10.6 Å². The minimum absolute atomic E-state index is 0.0234. The maximum Gasteiger partial charge on any atom is 0.317 e. The van der Waals surface area contributed by atoms with Gasteiger partial charge in [-0.05, 0) is 18.2 Å². The Labute approximate surface area is 138 Å². The third kappa shape index (κ3) is 2.34. The van der Waals surface area contributed by atoms with Crippen molar-refractivity contribution in [2.45, 2.75) is 19.0 Å². The third-order valence-electron chi connectivity index (χ3n) is 4.65. The zero-order valence-electron chi connectivity index (χ0n) is 12.7. The first-order valence-corrected chi connectivity index (χ1v) is 8.00. The number of nitrogens with one attached hydrogen (secondary N) is 2. The predicted molar refractivity (Wildman–Crippen MR) is 87.4 cm³/mol. The smallest absolute Gasteiger partial charge is 0.317 e. The summed E-state index contributed by atoms with van der Waals surface area (Å²) in [4.78, 5) is 31.0. The molecule has 0 radical (unpaired) electrons. The van der Waals surface area contributed by atoms with Crippen molar-refractivity contribution in [3.8, 4) is 0 Å². The Morgan fingerprint density at radius 2 is 2.22 bits per heavy atom. The van der Waals surface area contributed by atoms with Gasteiger partial charge in [-0.1, -0.05) is 11.6 Å². The van der Waals surface area contributed by atoms with Gasteiger partial charge in [0.1, 0.15) is 6.04 Å². The zero-order chi connectivity index (χ0) is 16.1. The summed E-state index contributed by atoms with van der Waals surface area (Å²) in [6.45, 7) is 1.62. The molecule has 1 aromatic carbocycles. The quantitative estimate of drug-likeness (QED) is 0.835. The lowest BCUT2D eigenvalue weighted by atomic mass is 10.0. The molecule has 0 unspecified atom stereocenters. The van der Waals surface area contributed by atoms with E-state index in [4.69, 9.17) is 11.6 Å². The van der Waals surface area contributed by atoms with E-state index < -0.39 is 6.04 Å². The highest BCUT2D eigenvalue weighted by Crippen LogP contribution is 2.30. The molecular formula is C16H17ClN4O2. The number of hydrogen-bond donors (Lipinski definition) is 2. The van der Waals surface area contributed by atoms with E-state index in [2.05, 4.69) is 10.3 Å². The number of likely N-dealkylation sites (N-methyl/N-ethyl adjacent to an activating group) is 1. The van der Waals surface area contributed by atoms with E-state index in [0.29, 0.717) is 24.7 Å². The van der Waals surface area contributed by atoms with Crippen molar-refractivity contribution in [3.63, 3.8) is 0 Å². The van der Waals surface area contributed by atoms with Crippen molar-refractivity contribution in [1.29, 1.82) is 0 Å². The van der Waals surface area contributed by atoms with Crippen LogP contribution in [-0.4, -0.2) is 52.9 Å². The molecule has 2 aliphatic heterocycles. The van der Waals surface area contributed by atoms with Crippen LogP contribution in [0.5, 0.6) is 0 Å². The van der Waals surface area contributed by atoms with Gasteiger partial charge in [0.15, 0.2) is 0 Å². The number of fused-ring (bicyclic) bond motifs is 3. The summed E-state index contributed by atoms with van der Waals surface area (Å²) in [5.41, 5.74) is 3.33. The molecule has 3 amide bonds. The Bertz CT molecular complexity index is 816. The summed E-state index contributed by atoms with van der Waals surface area (Å²) in [6, 6.07) is 5.11. The largest absolute Gasteiger partial charge is 0.358 e. The molecule has 4 rings (SSSR count). The number of carbonyl (C=O) groups is 2. The monoisotopic (exact) mass is 332 g/mol. The molecule has 2 N–H and O–H groups in total. The van der Waals surface area contributed by atoms with Crippen LogP contribution in [-0.2, 0) is 17.8 Å². The zero-order valence-corrected chi connectivity index (χ0v) is 13.5. The number of aromatic amines is 1. The highest BCUT2D eigenvalue weighted by Gasteiger charge is 2.35. The minimum atomic E-state index is -0.456. The van der Waals surface area contributed by atoms with Crippen LogP contribution in [0.2, 0.25) is 5.02 Å². The molecule has 3 heterocycles. The van der Waals surface area contributed by atoms with Crippen LogP contribution in [0.4, 0.5) is 4.79 Å². The molecule has 1 aromatic heterocycles. The second-order valence-corrected chi connectivity index (χ2v) is 6.60. The van der Waals surface area contributed by atoms with Gasteiger partial charge in [0.2, 0.25) is 5.91 Å². The van der Waals surface area contributed by atoms with Crippen LogP contribution in [0.3, 0.4) is 0 Å². The minimum Gasteiger partial charge on any atom is -0.358 e. The molecule has 6 nitrogen and oxygen atoms in total. The number of H-pyrrole nitrogens is 1. The van der Waals surface area contributed by atoms with Gasteiger partial charge in [-0.15, -0.1) is 0 Å².